The van der Waals surface area contributed by atoms with Crippen LogP contribution in [0.1, 0.15) is 95.2 Å². The zero-order valence-electron chi connectivity index (χ0n) is 28.7. The summed E-state index contributed by atoms with van der Waals surface area (Å²) < 4.78 is 7.11. The fourth-order valence-corrected chi connectivity index (χ4v) is 11.7. The van der Waals surface area contributed by atoms with Crippen molar-refractivity contribution in [2.24, 2.45) is 46.3 Å². The second-order valence-electron chi connectivity index (χ2n) is 16.3. The lowest BCUT2D eigenvalue weighted by molar-refractivity contribution is -0.207. The van der Waals surface area contributed by atoms with Gasteiger partial charge in [0, 0.05) is 6.61 Å². The molecule has 4 fully saturated rings. The van der Waals surface area contributed by atoms with Crippen LogP contribution >= 0.6 is 0 Å². The molecule has 4 saturated carbocycles. The summed E-state index contributed by atoms with van der Waals surface area (Å²) in [5.41, 5.74) is 2.62. The molecule has 0 radical (unpaired) electrons. The normalized spacial score (nSPS) is 37.4. The molecule has 0 bridgehead atoms. The fraction of sp³-hybridized carbons (Fsp3) is 0.581. The van der Waals surface area contributed by atoms with Crippen molar-refractivity contribution < 1.29 is 20.1 Å². The van der Waals surface area contributed by atoms with E-state index in [0.717, 1.165) is 74.5 Å². The van der Waals surface area contributed by atoms with Crippen LogP contribution in [0.15, 0.2) is 91.0 Å². The third-order valence-corrected chi connectivity index (χ3v) is 14.2. The first-order valence-electron chi connectivity index (χ1n) is 18.5. The van der Waals surface area contributed by atoms with Gasteiger partial charge in [0.15, 0.2) is 0 Å². The van der Waals surface area contributed by atoms with E-state index >= 15 is 0 Å². The largest absolute Gasteiger partial charge is 0.393 e. The van der Waals surface area contributed by atoms with E-state index in [4.69, 9.17) is 4.74 Å². The Labute approximate surface area is 282 Å². The predicted octanol–water partition coefficient (Wildman–Crippen LogP) is 8.37. The Bertz CT molecular complexity index is 1360. The van der Waals surface area contributed by atoms with Gasteiger partial charge in [-0.1, -0.05) is 112 Å². The molecule has 11 atom stereocenters. The van der Waals surface area contributed by atoms with Gasteiger partial charge in [-0.05, 0) is 121 Å². The molecule has 0 saturated heterocycles. The van der Waals surface area contributed by atoms with Crippen molar-refractivity contribution in [3.63, 3.8) is 0 Å². The fourth-order valence-electron chi connectivity index (χ4n) is 11.7. The van der Waals surface area contributed by atoms with Crippen molar-refractivity contribution >= 4 is 0 Å². The molecule has 4 aliphatic carbocycles. The van der Waals surface area contributed by atoms with Gasteiger partial charge in [0.1, 0.15) is 5.60 Å². The number of fused-ring (bicyclic) bond motifs is 5. The Kier molecular flexibility index (Phi) is 9.19. The molecular weight excluding hydrogens is 580 g/mol. The minimum Gasteiger partial charge on any atom is -0.393 e. The lowest BCUT2D eigenvalue weighted by Gasteiger charge is -2.63. The van der Waals surface area contributed by atoms with E-state index in [1.807, 2.05) is 0 Å². The van der Waals surface area contributed by atoms with E-state index in [-0.39, 0.29) is 35.1 Å². The smallest absolute Gasteiger partial charge is 0.143 e. The minimum atomic E-state index is -0.702. The Morgan fingerprint density at radius 1 is 0.745 bits per heavy atom. The molecule has 4 aliphatic rings. The van der Waals surface area contributed by atoms with Crippen LogP contribution in [0.2, 0.25) is 0 Å². The van der Waals surface area contributed by atoms with Crippen LogP contribution in [-0.2, 0) is 10.3 Å². The van der Waals surface area contributed by atoms with Gasteiger partial charge in [0.05, 0.1) is 18.3 Å². The molecular formula is C43H56O4. The maximum atomic E-state index is 12.0. The van der Waals surface area contributed by atoms with Crippen LogP contribution < -0.4 is 0 Å². The molecule has 0 aliphatic heterocycles. The van der Waals surface area contributed by atoms with E-state index in [2.05, 4.69) is 112 Å². The molecule has 4 heteroatoms. The van der Waals surface area contributed by atoms with Crippen molar-refractivity contribution in [3.8, 4) is 0 Å². The summed E-state index contributed by atoms with van der Waals surface area (Å²) in [5.74, 6) is 2.17. The highest BCUT2D eigenvalue weighted by molar-refractivity contribution is 5.47. The molecule has 7 rings (SSSR count). The van der Waals surface area contributed by atoms with Crippen LogP contribution in [0, 0.1) is 46.3 Å². The average molecular weight is 637 g/mol. The number of hydrogen-bond acceptors (Lipinski definition) is 4. The first-order chi connectivity index (χ1) is 22.7. The number of aliphatic hydroxyl groups excluding tert-OH is 3. The van der Waals surface area contributed by atoms with E-state index in [0.29, 0.717) is 36.2 Å². The van der Waals surface area contributed by atoms with Gasteiger partial charge in [-0.15, -0.1) is 0 Å². The molecule has 0 amide bonds. The van der Waals surface area contributed by atoms with Crippen LogP contribution in [0.4, 0.5) is 0 Å². The van der Waals surface area contributed by atoms with Gasteiger partial charge in [-0.3, -0.25) is 0 Å². The number of hydrogen-bond donors (Lipinski definition) is 3. The highest BCUT2D eigenvalue weighted by Gasteiger charge is 2.65. The SMILES string of the molecule is C[C@H](CCCOC(c1ccccc1)(c1ccccc1)c1ccccc1)[C@H]1CC[C@H]2C3[C@H](O)CC4C[C@@H](O)CC[C@]4(C)[C@H]3C[C@H](O)[C@]12C. The highest BCUT2D eigenvalue weighted by Crippen LogP contribution is 2.68. The van der Waals surface area contributed by atoms with E-state index < -0.39 is 5.60 Å². The monoisotopic (exact) mass is 636 g/mol. The lowest BCUT2D eigenvalue weighted by Crippen LogP contribution is -2.62. The van der Waals surface area contributed by atoms with E-state index in [1.54, 1.807) is 0 Å². The molecule has 4 nitrogen and oxygen atoms in total. The maximum absolute atomic E-state index is 12.0. The minimum absolute atomic E-state index is 0.106. The van der Waals surface area contributed by atoms with Crippen LogP contribution in [0.25, 0.3) is 0 Å². The summed E-state index contributed by atoms with van der Waals surface area (Å²) in [6.07, 6.45) is 7.55. The summed E-state index contributed by atoms with van der Waals surface area (Å²) in [5, 5.41) is 34.2. The second-order valence-corrected chi connectivity index (χ2v) is 16.3. The molecule has 252 valence electrons. The van der Waals surface area contributed by atoms with Crippen molar-refractivity contribution in [2.75, 3.05) is 6.61 Å². The summed E-state index contributed by atoms with van der Waals surface area (Å²) in [7, 11) is 0. The molecule has 3 aromatic rings. The summed E-state index contributed by atoms with van der Waals surface area (Å²) in [6, 6.07) is 31.8. The van der Waals surface area contributed by atoms with Gasteiger partial charge in [-0.25, -0.2) is 0 Å². The summed E-state index contributed by atoms with van der Waals surface area (Å²) in [4.78, 5) is 0. The topological polar surface area (TPSA) is 69.9 Å². The quantitative estimate of drug-likeness (QED) is 0.163. The number of aliphatic hydroxyl groups is 3. The number of ether oxygens (including phenoxy) is 1. The van der Waals surface area contributed by atoms with Crippen molar-refractivity contribution in [2.45, 2.75) is 102 Å². The zero-order valence-corrected chi connectivity index (χ0v) is 28.7. The molecule has 0 aromatic heterocycles. The Hall–Kier alpha value is -2.50. The number of rotatable bonds is 9. The van der Waals surface area contributed by atoms with Gasteiger partial charge in [0.25, 0.3) is 0 Å². The third-order valence-electron chi connectivity index (χ3n) is 14.2. The van der Waals surface area contributed by atoms with Gasteiger partial charge in [0.2, 0.25) is 0 Å². The summed E-state index contributed by atoms with van der Waals surface area (Å²) in [6.45, 7) is 7.80. The predicted molar refractivity (Wildman–Crippen MR) is 188 cm³/mol. The van der Waals surface area contributed by atoms with Gasteiger partial charge >= 0.3 is 0 Å². The molecule has 3 aromatic carbocycles. The maximum Gasteiger partial charge on any atom is 0.143 e. The first kappa shape index (κ1) is 33.0. The Morgan fingerprint density at radius 2 is 1.32 bits per heavy atom. The summed E-state index contributed by atoms with van der Waals surface area (Å²) >= 11 is 0. The molecule has 0 spiro atoms. The van der Waals surface area contributed by atoms with Gasteiger partial charge in [-0.2, -0.15) is 0 Å². The van der Waals surface area contributed by atoms with Crippen LogP contribution in [-0.4, -0.2) is 40.2 Å². The zero-order chi connectivity index (χ0) is 32.8. The third kappa shape index (κ3) is 5.52. The van der Waals surface area contributed by atoms with E-state index in [9.17, 15) is 15.3 Å². The van der Waals surface area contributed by atoms with Crippen LogP contribution in [0.3, 0.4) is 0 Å². The number of benzene rings is 3. The van der Waals surface area contributed by atoms with Crippen LogP contribution in [0.5, 0.6) is 0 Å². The Balaban J connectivity index is 1.08. The Morgan fingerprint density at radius 3 is 1.89 bits per heavy atom. The van der Waals surface area contributed by atoms with Crippen molar-refractivity contribution in [3.05, 3.63) is 108 Å². The standard InChI is InChI=1S/C43H56O4/c1-29(14-13-25-47-43(30-15-7-4-8-16-30,31-17-9-5-10-18-31)32-19-11-6-12-20-32)35-21-22-36-40-37(28-39(46)42(35,36)3)41(2)24-23-34(44)26-33(41)27-38(40)45/h4-12,15-20,29,33-40,44-46H,13-14,21-28H2,1-3H3/t29-,33?,34+,35-,36+,37+,38-,39+,40?,41+,42-/m1/s1. The molecule has 3 N–H and O–H groups in total. The van der Waals surface area contributed by atoms with Gasteiger partial charge < -0.3 is 20.1 Å². The molecule has 2 unspecified atom stereocenters. The molecule has 47 heavy (non-hydrogen) atoms. The molecule has 0 heterocycles. The second kappa shape index (κ2) is 13.1. The lowest BCUT2D eigenvalue weighted by atomic mass is 9.43. The highest BCUT2D eigenvalue weighted by atomic mass is 16.5. The van der Waals surface area contributed by atoms with E-state index in [1.165, 1.54) is 0 Å². The van der Waals surface area contributed by atoms with Crippen molar-refractivity contribution in [1.82, 2.24) is 0 Å². The average Bonchev–Trinajstić information content (AvgIpc) is 3.45. The van der Waals surface area contributed by atoms with Crippen molar-refractivity contribution in [1.29, 1.82) is 0 Å². The first-order valence-corrected chi connectivity index (χ1v) is 18.5.